The highest BCUT2D eigenvalue weighted by Crippen LogP contribution is 2.26. The smallest absolute Gasteiger partial charge is 0.308 e. The summed E-state index contributed by atoms with van der Waals surface area (Å²) in [5.74, 6) is -1.53. The summed E-state index contributed by atoms with van der Waals surface area (Å²) < 4.78 is 0. The number of nitrogens with zero attached hydrogens (tertiary/aromatic N) is 2. The number of amides is 1. The molecule has 1 aromatic heterocycles. The number of aliphatic carboxylic acids is 1. The second-order valence-corrected chi connectivity index (χ2v) is 5.71. The zero-order valence-electron chi connectivity index (χ0n) is 12.4. The summed E-state index contributed by atoms with van der Waals surface area (Å²) >= 11 is 0. The molecule has 2 heterocycles. The second kappa shape index (κ2) is 5.75. The summed E-state index contributed by atoms with van der Waals surface area (Å²) in [6.07, 6.45) is 2.94. The first-order chi connectivity index (χ1) is 10.6. The molecule has 2 aromatic rings. The van der Waals surface area contributed by atoms with E-state index in [1.807, 2.05) is 30.3 Å². The van der Waals surface area contributed by atoms with Crippen LogP contribution in [0, 0.1) is 5.92 Å². The van der Waals surface area contributed by atoms with E-state index in [2.05, 4.69) is 4.98 Å². The fraction of sp³-hybridized carbons (Fsp3) is 0.353. The van der Waals surface area contributed by atoms with Gasteiger partial charge in [-0.3, -0.25) is 14.6 Å². The van der Waals surface area contributed by atoms with Crippen molar-refractivity contribution in [1.29, 1.82) is 0 Å². The largest absolute Gasteiger partial charge is 0.481 e. The monoisotopic (exact) mass is 298 g/mol. The fourth-order valence-electron chi connectivity index (χ4n) is 3.19. The van der Waals surface area contributed by atoms with Crippen molar-refractivity contribution in [3.05, 3.63) is 42.2 Å². The molecular formula is C17H18N2O3. The van der Waals surface area contributed by atoms with Crippen molar-refractivity contribution in [2.75, 3.05) is 6.54 Å². The molecule has 0 saturated carbocycles. The number of pyridine rings is 1. The molecule has 3 rings (SSSR count). The molecule has 2 atom stereocenters. The number of carboxylic acid groups (broad SMARTS) is 1. The lowest BCUT2D eigenvalue weighted by Gasteiger charge is -2.37. The predicted octanol–water partition coefficient (Wildman–Crippen LogP) is 2.56. The Morgan fingerprint density at radius 1 is 1.27 bits per heavy atom. The highest BCUT2D eigenvalue weighted by atomic mass is 16.4. The molecule has 0 radical (unpaired) electrons. The van der Waals surface area contributed by atoms with Gasteiger partial charge >= 0.3 is 5.97 Å². The molecule has 0 bridgehead atoms. The van der Waals surface area contributed by atoms with Crippen LogP contribution in [0.1, 0.15) is 30.3 Å². The molecule has 0 spiro atoms. The van der Waals surface area contributed by atoms with E-state index < -0.39 is 11.9 Å². The zero-order chi connectivity index (χ0) is 15.7. The number of rotatable bonds is 2. The molecule has 0 unspecified atom stereocenters. The lowest BCUT2D eigenvalue weighted by atomic mass is 9.90. The third-order valence-electron chi connectivity index (χ3n) is 4.44. The minimum atomic E-state index is -0.837. The van der Waals surface area contributed by atoms with Crippen molar-refractivity contribution in [2.24, 2.45) is 5.92 Å². The van der Waals surface area contributed by atoms with E-state index in [1.54, 1.807) is 18.0 Å². The van der Waals surface area contributed by atoms with Crippen LogP contribution >= 0.6 is 0 Å². The van der Waals surface area contributed by atoms with Gasteiger partial charge in [-0.25, -0.2) is 0 Å². The van der Waals surface area contributed by atoms with Crippen LogP contribution < -0.4 is 0 Å². The number of likely N-dealkylation sites (tertiary alicyclic amines) is 1. The van der Waals surface area contributed by atoms with E-state index in [0.717, 1.165) is 10.8 Å². The molecule has 5 nitrogen and oxygen atoms in total. The average molecular weight is 298 g/mol. The van der Waals surface area contributed by atoms with Gasteiger partial charge in [-0.05, 0) is 31.2 Å². The Bertz CT molecular complexity index is 723. The molecule has 114 valence electrons. The number of fused-ring (bicyclic) bond motifs is 1. The quantitative estimate of drug-likeness (QED) is 0.925. The van der Waals surface area contributed by atoms with E-state index in [0.29, 0.717) is 25.1 Å². The SMILES string of the molecule is C[C@@H]1[C@H](C(=O)O)CCCN1C(=O)c1nccc2ccccc12. The van der Waals surface area contributed by atoms with Gasteiger partial charge in [0.15, 0.2) is 0 Å². The Balaban J connectivity index is 1.97. The maximum absolute atomic E-state index is 12.9. The van der Waals surface area contributed by atoms with Gasteiger partial charge in [0.25, 0.3) is 5.91 Å². The Hall–Kier alpha value is -2.43. The topological polar surface area (TPSA) is 70.5 Å². The van der Waals surface area contributed by atoms with Crippen molar-refractivity contribution in [3.63, 3.8) is 0 Å². The first-order valence-corrected chi connectivity index (χ1v) is 7.47. The van der Waals surface area contributed by atoms with Crippen molar-refractivity contribution >= 4 is 22.6 Å². The van der Waals surface area contributed by atoms with Gasteiger partial charge < -0.3 is 10.0 Å². The molecule has 1 aromatic carbocycles. The van der Waals surface area contributed by atoms with E-state index in [4.69, 9.17) is 0 Å². The summed E-state index contributed by atoms with van der Waals surface area (Å²) in [6.45, 7) is 2.38. The standard InChI is InChI=1S/C17H18N2O3/c1-11-13(17(21)22)7-4-10-19(11)16(20)15-14-6-3-2-5-12(14)8-9-18-15/h2-3,5-6,8-9,11,13H,4,7,10H2,1H3,(H,21,22)/t11-,13-/m1/s1. The Labute approximate surface area is 128 Å². The molecule has 1 N–H and O–H groups in total. The zero-order valence-corrected chi connectivity index (χ0v) is 12.4. The maximum Gasteiger partial charge on any atom is 0.308 e. The first kappa shape index (κ1) is 14.5. The molecule has 0 aliphatic carbocycles. The fourth-order valence-corrected chi connectivity index (χ4v) is 3.19. The Kier molecular flexibility index (Phi) is 3.79. The number of piperidine rings is 1. The number of hydrogen-bond donors (Lipinski definition) is 1. The molecular weight excluding hydrogens is 280 g/mol. The van der Waals surface area contributed by atoms with Gasteiger partial charge in [0.1, 0.15) is 5.69 Å². The molecule has 1 amide bonds. The predicted molar refractivity (Wildman–Crippen MR) is 82.6 cm³/mol. The molecule has 22 heavy (non-hydrogen) atoms. The summed E-state index contributed by atoms with van der Waals surface area (Å²) in [5.41, 5.74) is 0.399. The van der Waals surface area contributed by atoms with Crippen LogP contribution in [-0.4, -0.2) is 39.5 Å². The van der Waals surface area contributed by atoms with E-state index in [-0.39, 0.29) is 11.9 Å². The van der Waals surface area contributed by atoms with Crippen LogP contribution in [0.2, 0.25) is 0 Å². The maximum atomic E-state index is 12.9. The summed E-state index contributed by atoms with van der Waals surface area (Å²) in [5, 5.41) is 11.1. The first-order valence-electron chi connectivity index (χ1n) is 7.47. The van der Waals surface area contributed by atoms with Gasteiger partial charge in [0, 0.05) is 24.2 Å². The third kappa shape index (κ3) is 2.43. The van der Waals surface area contributed by atoms with Crippen LogP contribution in [0.25, 0.3) is 10.8 Å². The lowest BCUT2D eigenvalue weighted by molar-refractivity contribution is -0.144. The van der Waals surface area contributed by atoms with Crippen LogP contribution in [0.15, 0.2) is 36.5 Å². The molecule has 1 aliphatic rings. The molecule has 5 heteroatoms. The number of carbonyl (C=O) groups is 2. The van der Waals surface area contributed by atoms with Gasteiger partial charge in [-0.1, -0.05) is 24.3 Å². The van der Waals surface area contributed by atoms with Crippen LogP contribution in [0.5, 0.6) is 0 Å². The molecule has 1 aliphatic heterocycles. The third-order valence-corrected chi connectivity index (χ3v) is 4.44. The van der Waals surface area contributed by atoms with E-state index >= 15 is 0 Å². The van der Waals surface area contributed by atoms with Gasteiger partial charge in [0.2, 0.25) is 0 Å². The lowest BCUT2D eigenvalue weighted by Crippen LogP contribution is -2.49. The number of aromatic nitrogens is 1. The van der Waals surface area contributed by atoms with E-state index in [9.17, 15) is 14.7 Å². The highest BCUT2D eigenvalue weighted by Gasteiger charge is 2.36. The summed E-state index contributed by atoms with van der Waals surface area (Å²) in [7, 11) is 0. The van der Waals surface area contributed by atoms with E-state index in [1.165, 1.54) is 0 Å². The Morgan fingerprint density at radius 2 is 2.05 bits per heavy atom. The number of benzene rings is 1. The summed E-state index contributed by atoms with van der Waals surface area (Å²) in [4.78, 5) is 30.1. The van der Waals surface area contributed by atoms with Crippen molar-refractivity contribution in [2.45, 2.75) is 25.8 Å². The summed E-state index contributed by atoms with van der Waals surface area (Å²) in [6, 6.07) is 9.15. The van der Waals surface area contributed by atoms with Crippen LogP contribution in [-0.2, 0) is 4.79 Å². The molecule has 1 saturated heterocycles. The Morgan fingerprint density at radius 3 is 2.82 bits per heavy atom. The number of hydrogen-bond acceptors (Lipinski definition) is 3. The number of carbonyl (C=O) groups excluding carboxylic acids is 1. The molecule has 1 fully saturated rings. The average Bonchev–Trinajstić information content (AvgIpc) is 2.53. The van der Waals surface area contributed by atoms with Crippen LogP contribution in [0.3, 0.4) is 0 Å². The van der Waals surface area contributed by atoms with Crippen molar-refractivity contribution < 1.29 is 14.7 Å². The minimum Gasteiger partial charge on any atom is -0.481 e. The van der Waals surface area contributed by atoms with Crippen LogP contribution in [0.4, 0.5) is 0 Å². The van der Waals surface area contributed by atoms with Gasteiger partial charge in [-0.15, -0.1) is 0 Å². The normalized spacial score (nSPS) is 21.8. The second-order valence-electron chi connectivity index (χ2n) is 5.71. The van der Waals surface area contributed by atoms with Crippen molar-refractivity contribution in [1.82, 2.24) is 9.88 Å². The minimum absolute atomic E-state index is 0.185. The van der Waals surface area contributed by atoms with Gasteiger partial charge in [-0.2, -0.15) is 0 Å². The van der Waals surface area contributed by atoms with Gasteiger partial charge in [0.05, 0.1) is 5.92 Å². The van der Waals surface area contributed by atoms with Crippen molar-refractivity contribution in [3.8, 4) is 0 Å². The highest BCUT2D eigenvalue weighted by molar-refractivity contribution is 6.05. The number of carboxylic acids is 1.